The molecule has 4 aliphatic carbocycles. The Morgan fingerprint density at radius 3 is 2.36 bits per heavy atom. The van der Waals surface area contributed by atoms with E-state index in [1.807, 2.05) is 0 Å². The van der Waals surface area contributed by atoms with E-state index in [9.17, 15) is 4.79 Å². The van der Waals surface area contributed by atoms with Crippen LogP contribution in [0.25, 0.3) is 0 Å². The zero-order valence-electron chi connectivity index (χ0n) is 19.6. The minimum Gasteiger partial charge on any atom is -0.414 e. The minimum absolute atomic E-state index is 0.0208. The fourth-order valence-electron chi connectivity index (χ4n) is 7.69. The molecule has 7 atom stereocenters. The lowest BCUT2D eigenvalue weighted by Gasteiger charge is -2.60. The van der Waals surface area contributed by atoms with Crippen LogP contribution >= 0.6 is 0 Å². The summed E-state index contributed by atoms with van der Waals surface area (Å²) in [6, 6.07) is 0. The number of ketones is 1. The third-order valence-electron chi connectivity index (χ3n) is 10.6. The molecule has 0 amide bonds. The van der Waals surface area contributed by atoms with Gasteiger partial charge in [0.1, 0.15) is 5.78 Å². The summed E-state index contributed by atoms with van der Waals surface area (Å²) < 4.78 is 6.87. The molecule has 0 heterocycles. The highest BCUT2D eigenvalue weighted by Crippen LogP contribution is 2.65. The van der Waals surface area contributed by atoms with Crippen LogP contribution in [0.4, 0.5) is 0 Å². The van der Waals surface area contributed by atoms with Crippen molar-refractivity contribution in [1.29, 1.82) is 0 Å². The van der Waals surface area contributed by atoms with Gasteiger partial charge in [-0.25, -0.2) is 0 Å². The standard InChI is InChI=1S/C25H44O2Si/c1-23(2,3)28(6,7)27-18-12-14-24(4)17(16-18)8-9-19-20-10-11-22(26)25(20,5)15-13-21(19)24/h17-21H,8-16H2,1-7H3/t17-,18-,19+,20+,21+,24+,25+/m0/s1. The van der Waals surface area contributed by atoms with Gasteiger partial charge in [-0.15, -0.1) is 0 Å². The van der Waals surface area contributed by atoms with Gasteiger partial charge in [-0.05, 0) is 98.6 Å². The summed E-state index contributed by atoms with van der Waals surface area (Å²) in [5, 5.41) is 0.300. The minimum atomic E-state index is -1.68. The van der Waals surface area contributed by atoms with Crippen molar-refractivity contribution >= 4 is 14.1 Å². The summed E-state index contributed by atoms with van der Waals surface area (Å²) in [5.74, 6) is 3.75. The Hall–Kier alpha value is -0.153. The summed E-state index contributed by atoms with van der Waals surface area (Å²) in [4.78, 5) is 12.6. The van der Waals surface area contributed by atoms with Crippen LogP contribution in [0.15, 0.2) is 0 Å². The highest BCUT2D eigenvalue weighted by atomic mass is 28.4. The smallest absolute Gasteiger partial charge is 0.192 e. The van der Waals surface area contributed by atoms with Crippen molar-refractivity contribution in [2.24, 2.45) is 34.5 Å². The van der Waals surface area contributed by atoms with Crippen molar-refractivity contribution in [2.45, 2.75) is 117 Å². The van der Waals surface area contributed by atoms with Crippen molar-refractivity contribution in [3.05, 3.63) is 0 Å². The van der Waals surface area contributed by atoms with E-state index < -0.39 is 8.32 Å². The Morgan fingerprint density at radius 1 is 0.964 bits per heavy atom. The number of hydrogen-bond acceptors (Lipinski definition) is 2. The quantitative estimate of drug-likeness (QED) is 0.464. The van der Waals surface area contributed by atoms with E-state index in [-0.39, 0.29) is 5.41 Å². The molecule has 0 aromatic carbocycles. The topological polar surface area (TPSA) is 26.3 Å². The molecule has 0 aromatic rings. The van der Waals surface area contributed by atoms with Gasteiger partial charge in [-0.3, -0.25) is 4.79 Å². The van der Waals surface area contributed by atoms with Gasteiger partial charge >= 0.3 is 0 Å². The van der Waals surface area contributed by atoms with Gasteiger partial charge < -0.3 is 4.43 Å². The molecule has 0 N–H and O–H groups in total. The third-order valence-corrected chi connectivity index (χ3v) is 15.1. The van der Waals surface area contributed by atoms with E-state index in [0.29, 0.717) is 28.3 Å². The maximum atomic E-state index is 12.6. The molecular weight excluding hydrogens is 360 g/mol. The zero-order valence-corrected chi connectivity index (χ0v) is 20.6. The maximum absolute atomic E-state index is 12.6. The van der Waals surface area contributed by atoms with Crippen LogP contribution in [-0.2, 0) is 9.22 Å². The summed E-state index contributed by atoms with van der Waals surface area (Å²) in [6.45, 7) is 16.8. The highest BCUT2D eigenvalue weighted by molar-refractivity contribution is 6.74. The van der Waals surface area contributed by atoms with Gasteiger partial charge in [0.15, 0.2) is 8.32 Å². The Balaban J connectivity index is 1.48. The summed E-state index contributed by atoms with van der Waals surface area (Å²) in [6.07, 6.45) is 11.6. The van der Waals surface area contributed by atoms with Crippen molar-refractivity contribution in [2.75, 3.05) is 0 Å². The average molecular weight is 405 g/mol. The van der Waals surface area contributed by atoms with Crippen molar-refractivity contribution in [3.8, 4) is 0 Å². The predicted octanol–water partition coefficient (Wildman–Crippen LogP) is 6.99. The Bertz CT molecular complexity index is 635. The molecule has 28 heavy (non-hydrogen) atoms. The van der Waals surface area contributed by atoms with Crippen LogP contribution in [-0.4, -0.2) is 20.2 Å². The van der Waals surface area contributed by atoms with Crippen LogP contribution in [0.3, 0.4) is 0 Å². The monoisotopic (exact) mass is 404 g/mol. The van der Waals surface area contributed by atoms with E-state index in [1.54, 1.807) is 0 Å². The highest BCUT2D eigenvalue weighted by Gasteiger charge is 2.60. The molecule has 160 valence electrons. The van der Waals surface area contributed by atoms with Crippen molar-refractivity contribution in [3.63, 3.8) is 0 Å². The molecule has 4 fully saturated rings. The molecule has 0 saturated heterocycles. The van der Waals surface area contributed by atoms with E-state index in [0.717, 1.165) is 30.6 Å². The summed E-state index contributed by atoms with van der Waals surface area (Å²) >= 11 is 0. The van der Waals surface area contributed by atoms with Gasteiger partial charge in [0.2, 0.25) is 0 Å². The predicted molar refractivity (Wildman–Crippen MR) is 119 cm³/mol. The maximum Gasteiger partial charge on any atom is 0.192 e. The molecule has 2 nitrogen and oxygen atoms in total. The van der Waals surface area contributed by atoms with Crippen molar-refractivity contribution < 1.29 is 9.22 Å². The molecule has 0 unspecified atom stereocenters. The number of fused-ring (bicyclic) bond motifs is 5. The van der Waals surface area contributed by atoms with Gasteiger partial charge in [0, 0.05) is 17.9 Å². The Morgan fingerprint density at radius 2 is 1.68 bits per heavy atom. The first-order valence-corrected chi connectivity index (χ1v) is 15.0. The van der Waals surface area contributed by atoms with E-state index >= 15 is 0 Å². The molecule has 0 bridgehead atoms. The van der Waals surface area contributed by atoms with Crippen LogP contribution in [0, 0.1) is 34.5 Å². The lowest BCUT2D eigenvalue weighted by atomic mass is 9.45. The number of Topliss-reactive ketones (excluding diaryl/α,β-unsaturated/α-hetero) is 1. The van der Waals surface area contributed by atoms with Crippen molar-refractivity contribution in [1.82, 2.24) is 0 Å². The van der Waals surface area contributed by atoms with Gasteiger partial charge in [0.05, 0.1) is 0 Å². The second-order valence-electron chi connectivity index (χ2n) is 12.8. The molecule has 4 saturated carbocycles. The Labute approximate surface area is 174 Å². The lowest BCUT2D eigenvalue weighted by Crippen LogP contribution is -2.55. The Kier molecular flexibility index (Phi) is 5.03. The van der Waals surface area contributed by atoms with Gasteiger partial charge in [-0.2, -0.15) is 0 Å². The average Bonchev–Trinajstić information content (AvgIpc) is 2.89. The lowest BCUT2D eigenvalue weighted by molar-refractivity contribution is -0.141. The zero-order chi connectivity index (χ0) is 20.5. The molecule has 0 aromatic heterocycles. The number of carbonyl (C=O) groups is 1. The van der Waals surface area contributed by atoms with Gasteiger partial charge in [0.25, 0.3) is 0 Å². The second-order valence-corrected chi connectivity index (χ2v) is 17.6. The second kappa shape index (κ2) is 6.67. The first kappa shape index (κ1) is 21.1. The molecule has 0 radical (unpaired) electrons. The van der Waals surface area contributed by atoms with E-state index in [4.69, 9.17) is 4.43 Å². The normalized spacial score (nSPS) is 46.7. The van der Waals surface area contributed by atoms with Crippen LogP contribution in [0.5, 0.6) is 0 Å². The van der Waals surface area contributed by atoms with Crippen LogP contribution < -0.4 is 0 Å². The van der Waals surface area contributed by atoms with Gasteiger partial charge in [-0.1, -0.05) is 34.6 Å². The fraction of sp³-hybridized carbons (Fsp3) is 0.960. The third kappa shape index (κ3) is 3.09. The molecular formula is C25H44O2Si. The molecule has 4 aliphatic rings. The van der Waals surface area contributed by atoms with Crippen LogP contribution in [0.2, 0.25) is 18.1 Å². The molecule has 3 heteroatoms. The fourth-order valence-corrected chi connectivity index (χ4v) is 9.09. The summed E-state index contributed by atoms with van der Waals surface area (Å²) in [5.41, 5.74) is 0.510. The first-order chi connectivity index (χ1) is 12.9. The SMILES string of the molecule is CC(C)(C)[Si](C)(C)O[C@H]1CC[C@]2(C)[C@@H](CC[C@H]3[C@H]2CC[C@@]2(C)C(=O)CC[C@H]32)C1. The number of rotatable bonds is 2. The van der Waals surface area contributed by atoms with Crippen LogP contribution in [0.1, 0.15) is 92.4 Å². The first-order valence-electron chi connectivity index (χ1n) is 12.1. The molecule has 4 rings (SSSR count). The largest absolute Gasteiger partial charge is 0.414 e. The molecule has 0 spiro atoms. The summed E-state index contributed by atoms with van der Waals surface area (Å²) in [7, 11) is -1.68. The van der Waals surface area contributed by atoms with E-state index in [2.05, 4.69) is 47.7 Å². The number of carbonyl (C=O) groups excluding carboxylic acids is 1. The van der Waals surface area contributed by atoms with E-state index in [1.165, 1.54) is 44.9 Å². The molecule has 0 aliphatic heterocycles. The number of hydrogen-bond donors (Lipinski definition) is 0.